The summed E-state index contributed by atoms with van der Waals surface area (Å²) in [5.74, 6) is -0.773. The number of hydrogen-bond acceptors (Lipinski definition) is 8. The maximum Gasteiger partial charge on any atom is 0.433 e. The Hall–Kier alpha value is -3.79. The smallest absolute Gasteiger partial charge is 0.433 e. The van der Waals surface area contributed by atoms with Gasteiger partial charge in [-0.15, -0.1) is 0 Å². The van der Waals surface area contributed by atoms with Crippen molar-refractivity contribution in [2.24, 2.45) is 4.99 Å². The molecule has 10 heteroatoms. The van der Waals surface area contributed by atoms with Crippen LogP contribution in [0.5, 0.6) is 0 Å². The second-order valence-electron chi connectivity index (χ2n) is 6.65. The van der Waals surface area contributed by atoms with Crippen LogP contribution in [0.1, 0.15) is 31.2 Å². The highest BCUT2D eigenvalue weighted by atomic mass is 32.1. The third-order valence-electron chi connectivity index (χ3n) is 4.70. The third kappa shape index (κ3) is 3.73. The molecular formula is C21H17N3O6S. The van der Waals surface area contributed by atoms with Gasteiger partial charge in [-0.25, -0.2) is 9.79 Å². The zero-order chi connectivity index (χ0) is 22.1. The molecule has 1 aliphatic rings. The standard InChI is InChI=1S/C21H17N3O6S/c1-3-29-20(26)17-12(2)22-21-23(18(17)13-7-5-4-6-8-13)19(25)15(31-21)11-14-9-10-16(30-14)24(27)28/h4-11,18H,3H2,1-2H3. The number of thiazole rings is 1. The van der Waals surface area contributed by atoms with E-state index in [0.717, 1.165) is 16.9 Å². The molecule has 9 nitrogen and oxygen atoms in total. The second-order valence-corrected chi connectivity index (χ2v) is 7.66. The van der Waals surface area contributed by atoms with Crippen LogP contribution < -0.4 is 14.9 Å². The summed E-state index contributed by atoms with van der Waals surface area (Å²) >= 11 is 1.12. The van der Waals surface area contributed by atoms with Gasteiger partial charge in [0.25, 0.3) is 5.56 Å². The number of ether oxygens (including phenoxy) is 1. The number of benzene rings is 1. The molecule has 0 spiro atoms. The summed E-state index contributed by atoms with van der Waals surface area (Å²) in [5, 5.41) is 10.9. The lowest BCUT2D eigenvalue weighted by atomic mass is 9.96. The Balaban J connectivity index is 1.92. The first-order chi connectivity index (χ1) is 14.9. The van der Waals surface area contributed by atoms with E-state index in [1.807, 2.05) is 30.3 Å². The number of nitrogens with zero attached hydrogens (tertiary/aromatic N) is 3. The molecule has 1 unspecified atom stereocenters. The maximum atomic E-state index is 13.3. The fraction of sp³-hybridized carbons (Fsp3) is 0.190. The minimum atomic E-state index is -0.704. The van der Waals surface area contributed by atoms with E-state index < -0.39 is 22.8 Å². The van der Waals surface area contributed by atoms with Crippen molar-refractivity contribution < 1.29 is 18.9 Å². The van der Waals surface area contributed by atoms with Crippen LogP contribution in [0.2, 0.25) is 0 Å². The van der Waals surface area contributed by atoms with Gasteiger partial charge in [0.2, 0.25) is 0 Å². The molecular weight excluding hydrogens is 422 g/mol. The normalized spacial score (nSPS) is 16.1. The Morgan fingerprint density at radius 3 is 2.71 bits per heavy atom. The largest absolute Gasteiger partial charge is 0.463 e. The first-order valence-corrected chi connectivity index (χ1v) is 10.2. The maximum absolute atomic E-state index is 13.3. The number of carbonyl (C=O) groups excluding carboxylic acids is 1. The lowest BCUT2D eigenvalue weighted by Crippen LogP contribution is -2.39. The Kier molecular flexibility index (Phi) is 5.38. The zero-order valence-corrected chi connectivity index (χ0v) is 17.4. The topological polar surface area (TPSA) is 117 Å². The summed E-state index contributed by atoms with van der Waals surface area (Å²) in [6, 6.07) is 11.1. The average molecular weight is 439 g/mol. The SMILES string of the molecule is CCOC(=O)C1=C(C)N=c2sc(=Cc3ccc([N+](=O)[O-])o3)c(=O)n2C1c1ccccc1. The Labute approximate surface area is 179 Å². The Morgan fingerprint density at radius 1 is 1.32 bits per heavy atom. The number of fused-ring (bicyclic) bond motifs is 1. The summed E-state index contributed by atoms with van der Waals surface area (Å²) in [7, 11) is 0. The number of carbonyl (C=O) groups is 1. The van der Waals surface area contributed by atoms with Gasteiger partial charge < -0.3 is 9.15 Å². The lowest BCUT2D eigenvalue weighted by Gasteiger charge is -2.24. The fourth-order valence-electron chi connectivity index (χ4n) is 3.39. The van der Waals surface area contributed by atoms with Crippen molar-refractivity contribution in [3.05, 3.63) is 94.9 Å². The molecule has 31 heavy (non-hydrogen) atoms. The number of furan rings is 1. The van der Waals surface area contributed by atoms with Crippen LogP contribution in [-0.4, -0.2) is 22.1 Å². The van der Waals surface area contributed by atoms with Crippen LogP contribution in [0, 0.1) is 10.1 Å². The van der Waals surface area contributed by atoms with Crippen molar-refractivity contribution in [3.63, 3.8) is 0 Å². The van der Waals surface area contributed by atoms with Crippen molar-refractivity contribution >= 4 is 29.3 Å². The van der Waals surface area contributed by atoms with Crippen molar-refractivity contribution in [1.82, 2.24) is 4.57 Å². The molecule has 0 saturated carbocycles. The first-order valence-electron chi connectivity index (χ1n) is 9.39. The number of rotatable bonds is 5. The van der Waals surface area contributed by atoms with Gasteiger partial charge in [-0.1, -0.05) is 41.7 Å². The van der Waals surface area contributed by atoms with Gasteiger partial charge in [-0.3, -0.25) is 19.5 Å². The predicted octanol–water partition coefficient (Wildman–Crippen LogP) is 2.30. The molecule has 0 fully saturated rings. The number of esters is 1. The highest BCUT2D eigenvalue weighted by Crippen LogP contribution is 2.30. The minimum absolute atomic E-state index is 0.176. The van der Waals surface area contributed by atoms with Gasteiger partial charge >= 0.3 is 11.9 Å². The molecule has 0 radical (unpaired) electrons. The van der Waals surface area contributed by atoms with Crippen LogP contribution in [0.3, 0.4) is 0 Å². The van der Waals surface area contributed by atoms with Crippen molar-refractivity contribution in [3.8, 4) is 0 Å². The molecule has 1 aromatic carbocycles. The van der Waals surface area contributed by atoms with E-state index in [2.05, 4.69) is 4.99 Å². The van der Waals surface area contributed by atoms with Crippen molar-refractivity contribution in [2.75, 3.05) is 6.61 Å². The first kappa shape index (κ1) is 20.5. The van der Waals surface area contributed by atoms with Gasteiger partial charge in [0, 0.05) is 6.08 Å². The number of hydrogen-bond donors (Lipinski definition) is 0. The summed E-state index contributed by atoms with van der Waals surface area (Å²) in [6.45, 7) is 3.61. The molecule has 3 aromatic rings. The molecule has 0 saturated heterocycles. The number of allylic oxidation sites excluding steroid dienone is 1. The number of aromatic nitrogens is 1. The van der Waals surface area contributed by atoms with Gasteiger partial charge in [0.1, 0.15) is 10.7 Å². The van der Waals surface area contributed by atoms with E-state index in [1.54, 1.807) is 13.8 Å². The van der Waals surface area contributed by atoms with Crippen LogP contribution in [0.25, 0.3) is 6.08 Å². The zero-order valence-electron chi connectivity index (χ0n) is 16.6. The second kappa shape index (κ2) is 8.15. The molecule has 0 amide bonds. The highest BCUT2D eigenvalue weighted by molar-refractivity contribution is 7.07. The van der Waals surface area contributed by atoms with Crippen LogP contribution in [-0.2, 0) is 9.53 Å². The molecule has 1 atom stereocenters. The van der Waals surface area contributed by atoms with Crippen molar-refractivity contribution in [1.29, 1.82) is 0 Å². The van der Waals surface area contributed by atoms with Crippen LogP contribution >= 0.6 is 11.3 Å². The molecule has 0 aliphatic carbocycles. The van der Waals surface area contributed by atoms with Gasteiger partial charge in [-0.05, 0) is 25.5 Å². The van der Waals surface area contributed by atoms with Gasteiger partial charge in [0.15, 0.2) is 4.80 Å². The predicted molar refractivity (Wildman–Crippen MR) is 112 cm³/mol. The van der Waals surface area contributed by atoms with E-state index in [1.165, 1.54) is 22.8 Å². The molecule has 0 N–H and O–H groups in total. The van der Waals surface area contributed by atoms with E-state index in [9.17, 15) is 19.7 Å². The van der Waals surface area contributed by atoms with E-state index >= 15 is 0 Å². The molecule has 1 aliphatic heterocycles. The van der Waals surface area contributed by atoms with Crippen LogP contribution in [0.15, 0.2) is 67.9 Å². The Morgan fingerprint density at radius 2 is 2.06 bits per heavy atom. The fourth-order valence-corrected chi connectivity index (χ4v) is 4.42. The summed E-state index contributed by atoms with van der Waals surface area (Å²) in [4.78, 5) is 41.1. The minimum Gasteiger partial charge on any atom is -0.463 e. The van der Waals surface area contributed by atoms with Gasteiger partial charge in [-0.2, -0.15) is 0 Å². The molecule has 158 valence electrons. The van der Waals surface area contributed by atoms with Gasteiger partial charge in [0.05, 0.1) is 34.5 Å². The molecule has 3 heterocycles. The quantitative estimate of drug-likeness (QED) is 0.342. The third-order valence-corrected chi connectivity index (χ3v) is 5.68. The van der Waals surface area contributed by atoms with E-state index in [0.29, 0.717) is 16.1 Å². The molecule has 0 bridgehead atoms. The lowest BCUT2D eigenvalue weighted by molar-refractivity contribution is -0.402. The van der Waals surface area contributed by atoms with Crippen LogP contribution in [0.4, 0.5) is 5.88 Å². The average Bonchev–Trinajstić information content (AvgIpc) is 3.33. The van der Waals surface area contributed by atoms with Crippen molar-refractivity contribution in [2.45, 2.75) is 19.9 Å². The summed E-state index contributed by atoms with van der Waals surface area (Å²) in [5.41, 5.74) is 1.11. The summed E-state index contributed by atoms with van der Waals surface area (Å²) in [6.07, 6.45) is 1.43. The molecule has 4 rings (SSSR count). The summed E-state index contributed by atoms with van der Waals surface area (Å²) < 4.78 is 12.1. The Bertz CT molecular complexity index is 1380. The number of nitro groups is 1. The molecule has 2 aromatic heterocycles. The highest BCUT2D eigenvalue weighted by Gasteiger charge is 2.33. The van der Waals surface area contributed by atoms with E-state index in [-0.39, 0.29) is 22.5 Å². The monoisotopic (exact) mass is 439 g/mol. The van der Waals surface area contributed by atoms with E-state index in [4.69, 9.17) is 9.15 Å².